The van der Waals surface area contributed by atoms with Crippen LogP contribution in [0.1, 0.15) is 39.5 Å². The third-order valence-corrected chi connectivity index (χ3v) is 4.73. The van der Waals surface area contributed by atoms with Crippen LogP contribution in [-0.4, -0.2) is 47.0 Å². The first kappa shape index (κ1) is 20.7. The highest BCUT2D eigenvalue weighted by Gasteiger charge is 2.37. The molecule has 1 aromatic carbocycles. The molecule has 2 aromatic rings. The van der Waals surface area contributed by atoms with Crippen LogP contribution in [0, 0.1) is 5.82 Å². The van der Waals surface area contributed by atoms with Crippen LogP contribution in [0.4, 0.5) is 4.39 Å². The summed E-state index contributed by atoms with van der Waals surface area (Å²) in [7, 11) is 1.39. The number of ether oxygens (including phenoxy) is 3. The van der Waals surface area contributed by atoms with Crippen LogP contribution in [0.5, 0.6) is 11.8 Å². The van der Waals surface area contributed by atoms with Crippen molar-refractivity contribution < 1.29 is 28.4 Å². The second kappa shape index (κ2) is 8.12. The Morgan fingerprint density at radius 3 is 2.39 bits per heavy atom. The smallest absolute Gasteiger partial charge is 0.331 e. The van der Waals surface area contributed by atoms with Crippen LogP contribution in [0.2, 0.25) is 0 Å². The molecular formula is C19H23BFN2O5. The second-order valence-corrected chi connectivity index (χ2v) is 7.39. The summed E-state index contributed by atoms with van der Waals surface area (Å²) >= 11 is 0. The molecule has 1 aromatic heterocycles. The van der Waals surface area contributed by atoms with Crippen LogP contribution >= 0.6 is 0 Å². The van der Waals surface area contributed by atoms with E-state index in [4.69, 9.17) is 18.9 Å². The Kier molecular flexibility index (Phi) is 5.99. The van der Waals surface area contributed by atoms with E-state index in [1.165, 1.54) is 25.9 Å². The van der Waals surface area contributed by atoms with Gasteiger partial charge >= 0.3 is 13.5 Å². The highest BCUT2D eigenvalue weighted by Crippen LogP contribution is 2.31. The summed E-state index contributed by atoms with van der Waals surface area (Å²) in [6, 6.07) is 4.74. The largest absolute Gasteiger partial charge is 0.427 e. The van der Waals surface area contributed by atoms with Crippen molar-refractivity contribution in [1.82, 2.24) is 9.97 Å². The van der Waals surface area contributed by atoms with Gasteiger partial charge in [-0.15, -0.1) is 0 Å². The summed E-state index contributed by atoms with van der Waals surface area (Å²) in [5, 5.41) is 10.3. The Bertz CT molecular complexity index is 808. The molecule has 0 amide bonds. The van der Waals surface area contributed by atoms with E-state index in [0.717, 1.165) is 0 Å². The van der Waals surface area contributed by atoms with E-state index in [9.17, 15) is 5.11 Å². The van der Waals surface area contributed by atoms with Crippen molar-refractivity contribution in [3.63, 3.8) is 0 Å². The molecule has 1 radical (unpaired) electrons. The van der Waals surface area contributed by atoms with Crippen LogP contribution in [-0.2, 0) is 14.1 Å². The summed E-state index contributed by atoms with van der Waals surface area (Å²) in [6.07, 6.45) is 2.11. The van der Waals surface area contributed by atoms with Gasteiger partial charge in [-0.25, -0.2) is 14.4 Å². The standard InChI is InChI=1S/C19H23BFN2O5/c1-18(2,24)19(3,4)28-20-12-6-7-13(27-17-22-8-5-9-23-17)15(21)14(12)16-25-10-11-26-16/h5-9,16,24H,10-11H2,1-4H3. The number of hydrogen-bond donors (Lipinski definition) is 1. The monoisotopic (exact) mass is 389 g/mol. The first-order chi connectivity index (χ1) is 13.2. The second-order valence-electron chi connectivity index (χ2n) is 7.39. The number of benzene rings is 1. The Balaban J connectivity index is 1.90. The fraction of sp³-hybridized carbons (Fsp3) is 0.474. The number of aromatic nitrogens is 2. The van der Waals surface area contributed by atoms with Crippen molar-refractivity contribution in [1.29, 1.82) is 0 Å². The van der Waals surface area contributed by atoms with Gasteiger partial charge in [-0.05, 0) is 45.3 Å². The number of aliphatic hydroxyl groups is 1. The molecule has 0 spiro atoms. The van der Waals surface area contributed by atoms with Gasteiger partial charge in [0.05, 0.1) is 24.4 Å². The van der Waals surface area contributed by atoms with E-state index in [-0.39, 0.29) is 17.3 Å². The average molecular weight is 389 g/mol. The van der Waals surface area contributed by atoms with Crippen molar-refractivity contribution in [2.45, 2.75) is 45.2 Å². The molecule has 149 valence electrons. The minimum Gasteiger partial charge on any atom is -0.427 e. The van der Waals surface area contributed by atoms with Gasteiger partial charge in [0.2, 0.25) is 0 Å². The van der Waals surface area contributed by atoms with E-state index < -0.39 is 23.3 Å². The normalized spacial score (nSPS) is 15.6. The highest BCUT2D eigenvalue weighted by molar-refractivity contribution is 6.47. The molecule has 0 atom stereocenters. The predicted molar refractivity (Wildman–Crippen MR) is 100 cm³/mol. The number of rotatable bonds is 7. The molecule has 0 saturated carbocycles. The van der Waals surface area contributed by atoms with E-state index in [0.29, 0.717) is 18.7 Å². The zero-order chi connectivity index (χ0) is 20.4. The maximum atomic E-state index is 15.3. The van der Waals surface area contributed by atoms with Crippen molar-refractivity contribution in [2.75, 3.05) is 13.2 Å². The Hall–Kier alpha value is -2.07. The Labute approximate surface area is 164 Å². The molecule has 9 heteroatoms. The van der Waals surface area contributed by atoms with Gasteiger partial charge in [-0.3, -0.25) is 0 Å². The molecular weight excluding hydrogens is 366 g/mol. The molecule has 0 unspecified atom stereocenters. The Morgan fingerprint density at radius 2 is 1.79 bits per heavy atom. The summed E-state index contributed by atoms with van der Waals surface area (Å²) in [5.41, 5.74) is -1.46. The van der Waals surface area contributed by atoms with Gasteiger partial charge in [-0.2, -0.15) is 0 Å². The maximum Gasteiger partial charge on any atom is 0.331 e. The molecule has 7 nitrogen and oxygen atoms in total. The van der Waals surface area contributed by atoms with Gasteiger partial charge in [0.1, 0.15) is 0 Å². The van der Waals surface area contributed by atoms with E-state index >= 15 is 4.39 Å². The lowest BCUT2D eigenvalue weighted by Crippen LogP contribution is -2.49. The number of nitrogens with zero attached hydrogens (tertiary/aromatic N) is 2. The van der Waals surface area contributed by atoms with Gasteiger partial charge in [0.15, 0.2) is 17.9 Å². The fourth-order valence-corrected chi connectivity index (χ4v) is 2.33. The van der Waals surface area contributed by atoms with Crippen LogP contribution < -0.4 is 10.2 Å². The van der Waals surface area contributed by atoms with Crippen LogP contribution in [0.25, 0.3) is 0 Å². The zero-order valence-corrected chi connectivity index (χ0v) is 16.3. The van der Waals surface area contributed by atoms with Gasteiger partial charge < -0.3 is 24.0 Å². The molecule has 1 saturated heterocycles. The highest BCUT2D eigenvalue weighted by atomic mass is 19.1. The fourth-order valence-electron chi connectivity index (χ4n) is 2.33. The SMILES string of the molecule is CC(C)(O)C(C)(C)O[B]c1ccc(Oc2ncccn2)c(F)c1C1OCCO1. The van der Waals surface area contributed by atoms with E-state index in [2.05, 4.69) is 9.97 Å². The maximum absolute atomic E-state index is 15.3. The Morgan fingerprint density at radius 1 is 1.14 bits per heavy atom. The van der Waals surface area contributed by atoms with Gasteiger partial charge in [0.25, 0.3) is 0 Å². The van der Waals surface area contributed by atoms with E-state index in [1.54, 1.807) is 39.8 Å². The molecule has 0 aliphatic carbocycles. The zero-order valence-electron chi connectivity index (χ0n) is 16.3. The molecule has 1 N–H and O–H groups in total. The molecule has 28 heavy (non-hydrogen) atoms. The summed E-state index contributed by atoms with van der Waals surface area (Å²) < 4.78 is 37.5. The van der Waals surface area contributed by atoms with Crippen molar-refractivity contribution in [3.8, 4) is 11.8 Å². The quantitative estimate of drug-likeness (QED) is 0.728. The third kappa shape index (κ3) is 4.49. The molecule has 3 rings (SSSR count). The molecule has 1 fully saturated rings. The van der Waals surface area contributed by atoms with Crippen LogP contribution in [0.15, 0.2) is 30.6 Å². The average Bonchev–Trinajstić information content (AvgIpc) is 3.16. The number of halogens is 1. The first-order valence-electron chi connectivity index (χ1n) is 8.93. The summed E-state index contributed by atoms with van der Waals surface area (Å²) in [4.78, 5) is 7.88. The van der Waals surface area contributed by atoms with Crippen molar-refractivity contribution in [3.05, 3.63) is 42.0 Å². The van der Waals surface area contributed by atoms with E-state index in [1.807, 2.05) is 0 Å². The van der Waals surface area contributed by atoms with Crippen molar-refractivity contribution >= 4 is 12.9 Å². The van der Waals surface area contributed by atoms with Crippen LogP contribution in [0.3, 0.4) is 0 Å². The summed E-state index contributed by atoms with van der Waals surface area (Å²) in [6.45, 7) is 7.47. The lowest BCUT2D eigenvalue weighted by atomic mass is 9.80. The predicted octanol–water partition coefficient (Wildman–Crippen LogP) is 2.26. The number of hydrogen-bond acceptors (Lipinski definition) is 7. The minimum atomic E-state index is -1.11. The lowest BCUT2D eigenvalue weighted by molar-refractivity contribution is -0.0894. The van der Waals surface area contributed by atoms with Gasteiger partial charge in [-0.1, -0.05) is 6.07 Å². The molecule has 0 bridgehead atoms. The molecule has 1 aliphatic heterocycles. The lowest BCUT2D eigenvalue weighted by Gasteiger charge is -2.37. The third-order valence-electron chi connectivity index (χ3n) is 4.73. The van der Waals surface area contributed by atoms with Gasteiger partial charge in [0, 0.05) is 18.0 Å². The minimum absolute atomic E-state index is 0.0248. The molecule has 2 heterocycles. The first-order valence-corrected chi connectivity index (χ1v) is 8.93. The molecule has 1 aliphatic rings. The topological polar surface area (TPSA) is 82.9 Å². The summed E-state index contributed by atoms with van der Waals surface area (Å²) in [5.74, 6) is -0.711. The van der Waals surface area contributed by atoms with Crippen molar-refractivity contribution in [2.24, 2.45) is 0 Å².